The van der Waals surface area contributed by atoms with Gasteiger partial charge in [0.25, 0.3) is 15.9 Å². The fraction of sp³-hybridized carbons (Fsp3) is 0.240. The number of para-hydroxylation sites is 1. The van der Waals surface area contributed by atoms with Gasteiger partial charge < -0.3 is 5.32 Å². The number of sulfonamides is 1. The smallest absolute Gasteiger partial charge is 0.265 e. The third kappa shape index (κ3) is 4.98. The highest BCUT2D eigenvalue weighted by atomic mass is 32.2. The van der Waals surface area contributed by atoms with E-state index in [9.17, 15) is 13.2 Å². The van der Waals surface area contributed by atoms with Crippen LogP contribution >= 0.6 is 11.3 Å². The van der Waals surface area contributed by atoms with Gasteiger partial charge in [-0.2, -0.15) is 5.10 Å². The Labute approximate surface area is 207 Å². The predicted molar refractivity (Wildman–Crippen MR) is 139 cm³/mol. The lowest BCUT2D eigenvalue weighted by Crippen LogP contribution is -2.30. The van der Waals surface area contributed by atoms with Crippen molar-refractivity contribution in [1.82, 2.24) is 14.5 Å². The first kappa shape index (κ1) is 23.3. The number of anilines is 1. The van der Waals surface area contributed by atoms with E-state index in [0.717, 1.165) is 40.9 Å². The van der Waals surface area contributed by atoms with Gasteiger partial charge in [0, 0.05) is 24.0 Å². The van der Waals surface area contributed by atoms with Gasteiger partial charge in [0.1, 0.15) is 10.7 Å². The minimum absolute atomic E-state index is 0.0779. The number of thiophene rings is 1. The summed E-state index contributed by atoms with van der Waals surface area (Å²) in [4.78, 5) is 18.9. The molecule has 0 bridgehead atoms. The molecular formula is C25H25N5O3S2. The zero-order chi connectivity index (χ0) is 24.4. The van der Waals surface area contributed by atoms with Crippen LogP contribution in [0.25, 0.3) is 15.9 Å². The Bertz CT molecular complexity index is 1520. The van der Waals surface area contributed by atoms with E-state index in [1.54, 1.807) is 12.1 Å². The van der Waals surface area contributed by atoms with Crippen LogP contribution in [0.2, 0.25) is 0 Å². The maximum Gasteiger partial charge on any atom is 0.265 e. The third-order valence-corrected chi connectivity index (χ3v) is 8.29. The molecule has 1 aliphatic heterocycles. The highest BCUT2D eigenvalue weighted by Gasteiger charge is 2.20. The number of nitrogens with zero attached hydrogens (tertiary/aromatic N) is 3. The number of nitrogens with one attached hydrogen (secondary N) is 2. The number of rotatable bonds is 5. The van der Waals surface area contributed by atoms with Gasteiger partial charge in [0.15, 0.2) is 0 Å². The average molecular weight is 508 g/mol. The van der Waals surface area contributed by atoms with Crippen molar-refractivity contribution in [3.05, 3.63) is 71.2 Å². The SMILES string of the molecule is Cc1nn(-c2ccccc2)c2sc(C(=O)Nc3cccc(S(=O)(=O)NC4=NCCCCC4)c3)cc12. The molecule has 0 unspecified atom stereocenters. The number of carbonyl (C=O) groups is 1. The highest BCUT2D eigenvalue weighted by molar-refractivity contribution is 7.90. The number of carbonyl (C=O) groups excluding carboxylic acids is 1. The van der Waals surface area contributed by atoms with Gasteiger partial charge in [-0.1, -0.05) is 30.7 Å². The first-order valence-electron chi connectivity index (χ1n) is 11.4. The predicted octanol–water partition coefficient (Wildman–Crippen LogP) is 4.90. The molecule has 5 rings (SSSR count). The molecule has 0 atom stereocenters. The molecule has 2 aromatic heterocycles. The molecular weight excluding hydrogens is 482 g/mol. The topological polar surface area (TPSA) is 105 Å². The number of hydrogen-bond acceptors (Lipinski definition) is 6. The first-order valence-corrected chi connectivity index (χ1v) is 13.7. The Morgan fingerprint density at radius 1 is 1.03 bits per heavy atom. The number of aliphatic imine (C=N–C) groups is 1. The van der Waals surface area contributed by atoms with Crippen molar-refractivity contribution in [2.75, 3.05) is 11.9 Å². The molecule has 0 radical (unpaired) electrons. The van der Waals surface area contributed by atoms with Crippen LogP contribution in [0.5, 0.6) is 0 Å². The lowest BCUT2D eigenvalue weighted by atomic mass is 10.2. The van der Waals surface area contributed by atoms with Crippen LogP contribution in [0.15, 0.2) is 70.6 Å². The monoisotopic (exact) mass is 507 g/mol. The molecule has 0 fully saturated rings. The Hall–Kier alpha value is -3.50. The summed E-state index contributed by atoms with van der Waals surface area (Å²) >= 11 is 1.34. The molecule has 1 aliphatic rings. The second-order valence-electron chi connectivity index (χ2n) is 8.39. The maximum absolute atomic E-state index is 13.0. The molecule has 2 N–H and O–H groups in total. The van der Waals surface area contributed by atoms with Crippen LogP contribution in [0.1, 0.15) is 41.0 Å². The van der Waals surface area contributed by atoms with Crippen LogP contribution < -0.4 is 10.0 Å². The van der Waals surface area contributed by atoms with Crippen LogP contribution in [0.3, 0.4) is 0 Å². The fourth-order valence-corrected chi connectivity index (χ4v) is 6.22. The summed E-state index contributed by atoms with van der Waals surface area (Å²) in [6.45, 7) is 2.54. The normalized spacial score (nSPS) is 14.4. The van der Waals surface area contributed by atoms with Gasteiger partial charge in [-0.3, -0.25) is 14.5 Å². The summed E-state index contributed by atoms with van der Waals surface area (Å²) in [5.74, 6) is 0.186. The largest absolute Gasteiger partial charge is 0.321 e. The fourth-order valence-electron chi connectivity index (χ4n) is 4.01. The molecule has 35 heavy (non-hydrogen) atoms. The number of amidine groups is 1. The molecule has 0 spiro atoms. The molecule has 10 heteroatoms. The highest BCUT2D eigenvalue weighted by Crippen LogP contribution is 2.31. The number of aryl methyl sites for hydroxylation is 1. The Kier molecular flexibility index (Phi) is 6.40. The van der Waals surface area contributed by atoms with E-state index in [2.05, 4.69) is 20.1 Å². The van der Waals surface area contributed by atoms with Crippen molar-refractivity contribution in [3.63, 3.8) is 0 Å². The molecule has 2 aromatic carbocycles. The zero-order valence-electron chi connectivity index (χ0n) is 19.2. The number of benzene rings is 2. The molecule has 8 nitrogen and oxygen atoms in total. The Morgan fingerprint density at radius 2 is 1.86 bits per heavy atom. The van der Waals surface area contributed by atoms with E-state index in [-0.39, 0.29) is 10.8 Å². The lowest BCUT2D eigenvalue weighted by molar-refractivity contribution is 0.103. The van der Waals surface area contributed by atoms with E-state index in [1.165, 1.54) is 23.5 Å². The molecule has 0 aliphatic carbocycles. The van der Waals surface area contributed by atoms with E-state index in [1.807, 2.05) is 48.0 Å². The summed E-state index contributed by atoms with van der Waals surface area (Å²) in [5, 5.41) is 8.35. The van der Waals surface area contributed by atoms with Crippen LogP contribution in [-0.4, -0.2) is 36.5 Å². The van der Waals surface area contributed by atoms with Gasteiger partial charge in [-0.25, -0.2) is 13.1 Å². The van der Waals surface area contributed by atoms with Crippen LogP contribution in [0, 0.1) is 6.92 Å². The number of hydrogen-bond donors (Lipinski definition) is 2. The van der Waals surface area contributed by atoms with Gasteiger partial charge in [-0.15, -0.1) is 11.3 Å². The summed E-state index contributed by atoms with van der Waals surface area (Å²) in [5.41, 5.74) is 2.15. The van der Waals surface area contributed by atoms with Crippen LogP contribution in [-0.2, 0) is 10.0 Å². The van der Waals surface area contributed by atoms with E-state index in [4.69, 9.17) is 0 Å². The number of fused-ring (bicyclic) bond motifs is 1. The second-order valence-corrected chi connectivity index (χ2v) is 11.1. The van der Waals surface area contributed by atoms with Gasteiger partial charge in [0.05, 0.1) is 21.2 Å². The van der Waals surface area contributed by atoms with Gasteiger partial charge in [0.2, 0.25) is 0 Å². The maximum atomic E-state index is 13.0. The van der Waals surface area contributed by atoms with E-state index < -0.39 is 10.0 Å². The summed E-state index contributed by atoms with van der Waals surface area (Å²) in [6, 6.07) is 17.8. The quantitative estimate of drug-likeness (QED) is 0.401. The Morgan fingerprint density at radius 3 is 2.69 bits per heavy atom. The average Bonchev–Trinajstić information content (AvgIpc) is 3.32. The summed E-state index contributed by atoms with van der Waals surface area (Å²) in [6.07, 6.45) is 3.53. The molecule has 3 heterocycles. The zero-order valence-corrected chi connectivity index (χ0v) is 20.8. The van der Waals surface area contributed by atoms with Crippen molar-refractivity contribution in [3.8, 4) is 5.69 Å². The molecule has 4 aromatic rings. The lowest BCUT2D eigenvalue weighted by Gasteiger charge is -2.11. The first-order chi connectivity index (χ1) is 16.9. The van der Waals surface area contributed by atoms with Crippen molar-refractivity contribution in [2.45, 2.75) is 37.5 Å². The molecule has 0 saturated carbocycles. The molecule has 0 saturated heterocycles. The van der Waals surface area contributed by atoms with Crippen molar-refractivity contribution < 1.29 is 13.2 Å². The number of aromatic nitrogens is 2. The molecule has 1 amide bonds. The van der Waals surface area contributed by atoms with E-state index >= 15 is 0 Å². The molecule has 180 valence electrons. The summed E-state index contributed by atoms with van der Waals surface area (Å²) < 4.78 is 30.2. The van der Waals surface area contributed by atoms with Crippen molar-refractivity contribution in [1.29, 1.82) is 0 Å². The van der Waals surface area contributed by atoms with Crippen molar-refractivity contribution >= 4 is 49.0 Å². The summed E-state index contributed by atoms with van der Waals surface area (Å²) in [7, 11) is -3.79. The van der Waals surface area contributed by atoms with Crippen molar-refractivity contribution in [2.24, 2.45) is 4.99 Å². The van der Waals surface area contributed by atoms with E-state index in [0.29, 0.717) is 29.4 Å². The Balaban J connectivity index is 1.37. The third-order valence-electron chi connectivity index (χ3n) is 5.80. The standard InChI is InChI=1S/C25H25N5O3S2/c1-17-21-16-22(34-25(21)30(28-17)19-10-4-2-5-11-19)24(31)27-18-9-8-12-20(15-18)35(32,33)29-23-13-6-3-7-14-26-23/h2,4-5,8-12,15-16H,3,6-7,13-14H2,1H3,(H,26,29)(H,27,31). The minimum atomic E-state index is -3.79. The minimum Gasteiger partial charge on any atom is -0.321 e. The second kappa shape index (κ2) is 9.63. The van der Waals surface area contributed by atoms with Gasteiger partial charge in [-0.05, 0) is 56.2 Å². The number of amides is 1. The van der Waals surface area contributed by atoms with Gasteiger partial charge >= 0.3 is 0 Å². The van der Waals surface area contributed by atoms with Crippen LogP contribution in [0.4, 0.5) is 5.69 Å².